The highest BCUT2D eigenvalue weighted by Crippen LogP contribution is 2.32. The molecule has 2 aromatic carbocycles. The average Bonchev–Trinajstić information content (AvgIpc) is 3.26. The van der Waals surface area contributed by atoms with Crippen molar-refractivity contribution < 1.29 is 32.7 Å². The Bertz CT molecular complexity index is 1160. The van der Waals surface area contributed by atoms with E-state index in [-0.39, 0.29) is 29.7 Å². The highest BCUT2D eigenvalue weighted by Gasteiger charge is 2.32. The molecule has 0 bridgehead atoms. The molecule has 1 aliphatic rings. The lowest BCUT2D eigenvalue weighted by atomic mass is 10.1. The summed E-state index contributed by atoms with van der Waals surface area (Å²) in [5.41, 5.74) is 5.30. The van der Waals surface area contributed by atoms with E-state index in [2.05, 4.69) is 26.2 Å². The summed E-state index contributed by atoms with van der Waals surface area (Å²) in [5, 5.41) is 19.4. The zero-order chi connectivity index (χ0) is 27.2. The van der Waals surface area contributed by atoms with Gasteiger partial charge in [-0.25, -0.2) is 4.79 Å². The Morgan fingerprint density at radius 1 is 1.14 bits per heavy atom. The zero-order valence-corrected chi connectivity index (χ0v) is 20.1. The fourth-order valence-corrected chi connectivity index (χ4v) is 3.93. The van der Waals surface area contributed by atoms with Gasteiger partial charge in [0.15, 0.2) is 0 Å². The third-order valence-electron chi connectivity index (χ3n) is 5.72. The Labute approximate surface area is 211 Å². The number of phenolic OH excluding ortho intramolecular Hbond substituents is 1. The van der Waals surface area contributed by atoms with Crippen molar-refractivity contribution in [1.29, 1.82) is 0 Å². The summed E-state index contributed by atoms with van der Waals surface area (Å²) in [6.45, 7) is 3.30. The maximum absolute atomic E-state index is 13.2. The number of nitrogen functional groups attached to an aromatic ring is 1. The number of benzene rings is 2. The van der Waals surface area contributed by atoms with Crippen LogP contribution in [0.5, 0.6) is 5.75 Å². The summed E-state index contributed by atoms with van der Waals surface area (Å²) < 4.78 is 39.5. The van der Waals surface area contributed by atoms with Crippen molar-refractivity contribution in [2.75, 3.05) is 37.2 Å². The second-order valence-electron chi connectivity index (χ2n) is 8.61. The highest BCUT2D eigenvalue weighted by molar-refractivity contribution is 6.04. The van der Waals surface area contributed by atoms with Crippen LogP contribution in [-0.2, 0) is 17.5 Å². The minimum Gasteiger partial charge on any atom is -0.506 e. The standard InChI is InChI=1S/C24H29F3N6O4/c1-2-29-23(37)32-19-5-4-15(24(25,26)27)10-17(19)22(36)30-11-21(35)31-16-7-8-33(13-16)12-14-3-6-20(34)18(28)9-14/h3-6,9-10,16,34H,2,7-8,11-13,28H2,1H3,(H,30,36)(H,31,35)(H2,29,32,37)/t16-/m1/s1. The monoisotopic (exact) mass is 522 g/mol. The number of nitrogens with zero attached hydrogens (tertiary/aromatic N) is 1. The molecule has 1 saturated heterocycles. The molecule has 200 valence electrons. The summed E-state index contributed by atoms with van der Waals surface area (Å²) in [7, 11) is 0. The fraction of sp³-hybridized carbons (Fsp3) is 0.375. The van der Waals surface area contributed by atoms with E-state index < -0.39 is 41.7 Å². The van der Waals surface area contributed by atoms with Crippen molar-refractivity contribution >= 4 is 29.2 Å². The first kappa shape index (κ1) is 27.6. The van der Waals surface area contributed by atoms with E-state index >= 15 is 0 Å². The fourth-order valence-electron chi connectivity index (χ4n) is 3.93. The molecule has 1 atom stereocenters. The van der Waals surface area contributed by atoms with Crippen LogP contribution >= 0.6 is 0 Å². The topological polar surface area (TPSA) is 149 Å². The Morgan fingerprint density at radius 3 is 2.57 bits per heavy atom. The molecule has 13 heteroatoms. The van der Waals surface area contributed by atoms with Crippen molar-refractivity contribution in [3.05, 3.63) is 53.1 Å². The van der Waals surface area contributed by atoms with Gasteiger partial charge in [-0.1, -0.05) is 6.07 Å². The Kier molecular flexibility index (Phi) is 8.81. The van der Waals surface area contributed by atoms with Crippen LogP contribution in [0, 0.1) is 0 Å². The van der Waals surface area contributed by atoms with Gasteiger partial charge in [-0.3, -0.25) is 14.5 Å². The van der Waals surface area contributed by atoms with Gasteiger partial charge in [0.2, 0.25) is 5.91 Å². The maximum Gasteiger partial charge on any atom is 0.416 e. The van der Waals surface area contributed by atoms with Crippen LogP contribution in [0.15, 0.2) is 36.4 Å². The van der Waals surface area contributed by atoms with E-state index in [1.165, 1.54) is 6.07 Å². The van der Waals surface area contributed by atoms with Crippen molar-refractivity contribution in [3.63, 3.8) is 0 Å². The zero-order valence-electron chi connectivity index (χ0n) is 20.1. The number of halogens is 3. The number of likely N-dealkylation sites (tertiary alicyclic amines) is 1. The summed E-state index contributed by atoms with van der Waals surface area (Å²) >= 11 is 0. The SMILES string of the molecule is CCNC(=O)Nc1ccc(C(F)(F)F)cc1C(=O)NCC(=O)N[C@@H]1CCN(Cc2ccc(O)c(N)c2)C1. The first-order valence-corrected chi connectivity index (χ1v) is 11.6. The quantitative estimate of drug-likeness (QED) is 0.231. The summed E-state index contributed by atoms with van der Waals surface area (Å²) in [4.78, 5) is 39.0. The van der Waals surface area contributed by atoms with E-state index in [0.717, 1.165) is 17.7 Å². The van der Waals surface area contributed by atoms with E-state index in [1.54, 1.807) is 19.1 Å². The van der Waals surface area contributed by atoms with Crippen LogP contribution < -0.4 is 27.0 Å². The van der Waals surface area contributed by atoms with Gasteiger partial charge >= 0.3 is 12.2 Å². The number of hydrogen-bond acceptors (Lipinski definition) is 6. The van der Waals surface area contributed by atoms with Gasteiger partial charge in [0.1, 0.15) is 5.75 Å². The number of aromatic hydroxyl groups is 1. The van der Waals surface area contributed by atoms with Crippen LogP contribution in [0.25, 0.3) is 0 Å². The number of alkyl halides is 3. The van der Waals surface area contributed by atoms with Gasteiger partial charge in [-0.05, 0) is 49.2 Å². The van der Waals surface area contributed by atoms with Gasteiger partial charge in [-0.15, -0.1) is 0 Å². The number of nitrogens with two attached hydrogens (primary N) is 1. The molecular weight excluding hydrogens is 493 g/mol. The second kappa shape index (κ2) is 11.8. The molecule has 1 fully saturated rings. The van der Waals surface area contributed by atoms with E-state index in [9.17, 15) is 32.7 Å². The van der Waals surface area contributed by atoms with Crippen LogP contribution in [-0.4, -0.2) is 60.1 Å². The van der Waals surface area contributed by atoms with Crippen molar-refractivity contribution in [2.45, 2.75) is 32.1 Å². The van der Waals surface area contributed by atoms with Gasteiger partial charge in [0.05, 0.1) is 29.0 Å². The molecular formula is C24H29F3N6O4. The number of amides is 4. The molecule has 4 amide bonds. The highest BCUT2D eigenvalue weighted by atomic mass is 19.4. The molecule has 2 aromatic rings. The van der Waals surface area contributed by atoms with E-state index in [1.807, 2.05) is 0 Å². The number of nitrogens with one attached hydrogen (secondary N) is 4. The molecule has 0 saturated carbocycles. The third kappa shape index (κ3) is 7.74. The van der Waals surface area contributed by atoms with E-state index in [4.69, 9.17) is 5.73 Å². The van der Waals surface area contributed by atoms with Gasteiger partial charge < -0.3 is 32.1 Å². The first-order valence-electron chi connectivity index (χ1n) is 11.6. The lowest BCUT2D eigenvalue weighted by Crippen LogP contribution is -2.43. The number of anilines is 2. The van der Waals surface area contributed by atoms with Crippen LogP contribution in [0.4, 0.5) is 29.3 Å². The summed E-state index contributed by atoms with van der Waals surface area (Å²) in [6.07, 6.45) is -4.03. The van der Waals surface area contributed by atoms with Crippen LogP contribution in [0.1, 0.15) is 34.8 Å². The van der Waals surface area contributed by atoms with E-state index in [0.29, 0.717) is 32.1 Å². The molecule has 0 aromatic heterocycles. The number of urea groups is 1. The summed E-state index contributed by atoms with van der Waals surface area (Å²) in [5.74, 6) is -1.43. The van der Waals surface area contributed by atoms with Gasteiger partial charge in [0, 0.05) is 32.2 Å². The largest absolute Gasteiger partial charge is 0.506 e. The molecule has 10 nitrogen and oxygen atoms in total. The number of rotatable bonds is 8. The molecule has 37 heavy (non-hydrogen) atoms. The van der Waals surface area contributed by atoms with Gasteiger partial charge in [-0.2, -0.15) is 13.2 Å². The minimum atomic E-state index is -4.70. The second-order valence-corrected chi connectivity index (χ2v) is 8.61. The molecule has 7 N–H and O–H groups in total. The number of carbonyl (C=O) groups is 3. The number of carbonyl (C=O) groups excluding carboxylic acids is 3. The lowest BCUT2D eigenvalue weighted by molar-refractivity contribution is -0.137. The predicted molar refractivity (Wildman–Crippen MR) is 131 cm³/mol. The lowest BCUT2D eigenvalue weighted by Gasteiger charge is -2.18. The Balaban J connectivity index is 1.56. The molecule has 3 rings (SSSR count). The molecule has 0 aliphatic carbocycles. The average molecular weight is 523 g/mol. The number of hydrogen-bond donors (Lipinski definition) is 6. The molecule has 0 radical (unpaired) electrons. The predicted octanol–water partition coefficient (Wildman–Crippen LogP) is 2.26. The molecule has 1 aliphatic heterocycles. The molecule has 0 spiro atoms. The first-order chi connectivity index (χ1) is 17.5. The van der Waals surface area contributed by atoms with Gasteiger partial charge in [0.25, 0.3) is 5.91 Å². The van der Waals surface area contributed by atoms with Crippen molar-refractivity contribution in [2.24, 2.45) is 0 Å². The maximum atomic E-state index is 13.2. The van der Waals surface area contributed by atoms with Crippen LogP contribution in [0.3, 0.4) is 0 Å². The third-order valence-corrected chi connectivity index (χ3v) is 5.72. The normalized spacial score (nSPS) is 15.7. The molecule has 1 heterocycles. The Hall–Kier alpha value is -4.00. The Morgan fingerprint density at radius 2 is 1.89 bits per heavy atom. The molecule has 0 unspecified atom stereocenters. The smallest absolute Gasteiger partial charge is 0.416 e. The summed E-state index contributed by atoms with van der Waals surface area (Å²) in [6, 6.07) is 6.46. The minimum absolute atomic E-state index is 0.00891. The van der Waals surface area contributed by atoms with Crippen molar-refractivity contribution in [3.8, 4) is 5.75 Å². The van der Waals surface area contributed by atoms with Crippen molar-refractivity contribution in [1.82, 2.24) is 20.9 Å². The van der Waals surface area contributed by atoms with Crippen LogP contribution in [0.2, 0.25) is 0 Å². The number of phenols is 1.